The number of hydrogen-bond donors (Lipinski definition) is 0. The van der Waals surface area contributed by atoms with Gasteiger partial charge in [0.2, 0.25) is 0 Å². The van der Waals surface area contributed by atoms with Crippen LogP contribution in [0, 0.1) is 5.92 Å². The van der Waals surface area contributed by atoms with E-state index >= 15 is 0 Å². The SMILES string of the molecule is CC(C)C[Si](C)(C(C)(C)C)C(C)(C)C. The highest BCUT2D eigenvalue weighted by Gasteiger charge is 2.48. The van der Waals surface area contributed by atoms with E-state index in [2.05, 4.69) is 61.9 Å². The lowest BCUT2D eigenvalue weighted by molar-refractivity contribution is 0.578. The fourth-order valence-electron chi connectivity index (χ4n) is 2.55. The molecule has 0 aromatic heterocycles. The van der Waals surface area contributed by atoms with E-state index in [0.717, 1.165) is 5.92 Å². The van der Waals surface area contributed by atoms with Crippen LogP contribution in [0.2, 0.25) is 22.7 Å². The standard InChI is InChI=1S/C13H30Si/c1-11(2)10-14(9,12(3,4)5)13(6,7)8/h11H,10H2,1-9H3. The Bertz CT molecular complexity index is 164. The van der Waals surface area contributed by atoms with Gasteiger partial charge < -0.3 is 0 Å². The molecular weight excluding hydrogens is 184 g/mol. The van der Waals surface area contributed by atoms with E-state index in [1.165, 1.54) is 6.04 Å². The van der Waals surface area contributed by atoms with Crippen LogP contribution in [-0.2, 0) is 0 Å². The first-order chi connectivity index (χ1) is 5.92. The molecule has 0 heterocycles. The maximum absolute atomic E-state index is 2.59. The molecule has 0 atom stereocenters. The third kappa shape index (κ3) is 2.85. The molecule has 0 aliphatic carbocycles. The summed E-state index contributed by atoms with van der Waals surface area (Å²) in [5.41, 5.74) is 0. The first-order valence-electron chi connectivity index (χ1n) is 5.92. The van der Waals surface area contributed by atoms with Crippen molar-refractivity contribution in [1.82, 2.24) is 0 Å². The highest BCUT2D eigenvalue weighted by molar-refractivity contribution is 6.84. The summed E-state index contributed by atoms with van der Waals surface area (Å²) >= 11 is 0. The fourth-order valence-corrected chi connectivity index (χ4v) is 7.66. The molecule has 0 aromatic carbocycles. The average molecular weight is 214 g/mol. The van der Waals surface area contributed by atoms with Gasteiger partial charge in [-0.3, -0.25) is 0 Å². The average Bonchev–Trinajstić information content (AvgIpc) is 1.79. The molecule has 0 fully saturated rings. The van der Waals surface area contributed by atoms with Crippen LogP contribution in [0.15, 0.2) is 0 Å². The van der Waals surface area contributed by atoms with Gasteiger partial charge in [-0.1, -0.05) is 68.0 Å². The van der Waals surface area contributed by atoms with Gasteiger partial charge in [0, 0.05) is 0 Å². The maximum atomic E-state index is 2.59. The van der Waals surface area contributed by atoms with Gasteiger partial charge in [-0.05, 0) is 16.0 Å². The van der Waals surface area contributed by atoms with E-state index in [-0.39, 0.29) is 0 Å². The zero-order valence-corrected chi connectivity index (χ0v) is 12.8. The van der Waals surface area contributed by atoms with Gasteiger partial charge in [0.05, 0.1) is 8.07 Å². The van der Waals surface area contributed by atoms with Crippen LogP contribution in [-0.4, -0.2) is 8.07 Å². The predicted molar refractivity (Wildman–Crippen MR) is 70.7 cm³/mol. The van der Waals surface area contributed by atoms with Crippen LogP contribution < -0.4 is 0 Å². The van der Waals surface area contributed by atoms with Gasteiger partial charge in [-0.15, -0.1) is 0 Å². The molecule has 86 valence electrons. The van der Waals surface area contributed by atoms with Gasteiger partial charge in [0.25, 0.3) is 0 Å². The Labute approximate surface area is 92.5 Å². The molecule has 0 aliphatic heterocycles. The molecule has 14 heavy (non-hydrogen) atoms. The van der Waals surface area contributed by atoms with Crippen LogP contribution in [0.5, 0.6) is 0 Å². The quantitative estimate of drug-likeness (QED) is 0.546. The molecule has 0 rings (SSSR count). The third-order valence-corrected chi connectivity index (χ3v) is 12.4. The smallest absolute Gasteiger partial charge is 0.0615 e. The maximum Gasteiger partial charge on any atom is 0.0615 e. The minimum Gasteiger partial charge on any atom is -0.0684 e. The van der Waals surface area contributed by atoms with E-state index in [9.17, 15) is 0 Å². The van der Waals surface area contributed by atoms with Crippen molar-refractivity contribution in [1.29, 1.82) is 0 Å². The van der Waals surface area contributed by atoms with Crippen LogP contribution >= 0.6 is 0 Å². The second-order valence-electron chi connectivity index (χ2n) is 7.43. The summed E-state index contributed by atoms with van der Waals surface area (Å²) in [5.74, 6) is 0.838. The molecule has 0 aromatic rings. The Morgan fingerprint density at radius 3 is 1.21 bits per heavy atom. The van der Waals surface area contributed by atoms with Gasteiger partial charge in [0.15, 0.2) is 0 Å². The summed E-state index contributed by atoms with van der Waals surface area (Å²) in [4.78, 5) is 0. The summed E-state index contributed by atoms with van der Waals surface area (Å²) in [6.07, 6.45) is 0. The molecule has 0 unspecified atom stereocenters. The third-order valence-electron chi connectivity index (χ3n) is 4.13. The first kappa shape index (κ1) is 14.2. The fraction of sp³-hybridized carbons (Fsp3) is 1.00. The van der Waals surface area contributed by atoms with Crippen LogP contribution in [0.3, 0.4) is 0 Å². The Hall–Kier alpha value is 0.217. The van der Waals surface area contributed by atoms with Crippen LogP contribution in [0.1, 0.15) is 55.4 Å². The summed E-state index contributed by atoms with van der Waals surface area (Å²) in [7, 11) is -1.22. The summed E-state index contributed by atoms with van der Waals surface area (Å²) in [6, 6.07) is 1.44. The second-order valence-corrected chi connectivity index (χ2v) is 13.5. The van der Waals surface area contributed by atoms with Crippen molar-refractivity contribution in [2.75, 3.05) is 0 Å². The molecule has 0 nitrogen and oxygen atoms in total. The van der Waals surface area contributed by atoms with Crippen molar-refractivity contribution in [2.45, 2.75) is 78.1 Å². The Kier molecular flexibility index (Phi) is 4.06. The second kappa shape index (κ2) is 4.00. The molecule has 0 radical (unpaired) electrons. The molecule has 0 spiro atoms. The van der Waals surface area contributed by atoms with E-state index in [1.54, 1.807) is 0 Å². The van der Waals surface area contributed by atoms with Crippen molar-refractivity contribution < 1.29 is 0 Å². The normalized spacial score (nSPS) is 15.0. The van der Waals surface area contributed by atoms with E-state index < -0.39 is 8.07 Å². The lowest BCUT2D eigenvalue weighted by Gasteiger charge is -2.51. The molecule has 0 saturated heterocycles. The molecule has 0 amide bonds. The molecule has 1 heteroatoms. The summed E-state index contributed by atoms with van der Waals surface area (Å²) < 4.78 is 0. The van der Waals surface area contributed by atoms with E-state index in [1.807, 2.05) is 0 Å². The Morgan fingerprint density at radius 1 is 0.857 bits per heavy atom. The van der Waals surface area contributed by atoms with Gasteiger partial charge >= 0.3 is 0 Å². The van der Waals surface area contributed by atoms with Crippen molar-refractivity contribution in [3.05, 3.63) is 0 Å². The van der Waals surface area contributed by atoms with Crippen molar-refractivity contribution >= 4 is 8.07 Å². The Morgan fingerprint density at radius 2 is 1.14 bits per heavy atom. The molecule has 0 aliphatic rings. The first-order valence-corrected chi connectivity index (χ1v) is 8.62. The molecule has 0 saturated carbocycles. The highest BCUT2D eigenvalue weighted by atomic mass is 28.3. The zero-order chi connectivity index (χ0) is 11.8. The molecular formula is C13H30Si. The lowest BCUT2D eigenvalue weighted by Crippen LogP contribution is -2.49. The van der Waals surface area contributed by atoms with Crippen molar-refractivity contribution in [3.63, 3.8) is 0 Å². The minimum absolute atomic E-state index is 0.509. The van der Waals surface area contributed by atoms with Gasteiger partial charge in [-0.25, -0.2) is 0 Å². The van der Waals surface area contributed by atoms with Gasteiger partial charge in [-0.2, -0.15) is 0 Å². The zero-order valence-electron chi connectivity index (χ0n) is 11.8. The largest absolute Gasteiger partial charge is 0.0684 e. The van der Waals surface area contributed by atoms with E-state index in [4.69, 9.17) is 0 Å². The topological polar surface area (TPSA) is 0 Å². The monoisotopic (exact) mass is 214 g/mol. The Balaban J connectivity index is 5.07. The minimum atomic E-state index is -1.22. The summed E-state index contributed by atoms with van der Waals surface area (Å²) in [6.45, 7) is 21.9. The van der Waals surface area contributed by atoms with Crippen LogP contribution in [0.4, 0.5) is 0 Å². The van der Waals surface area contributed by atoms with E-state index in [0.29, 0.717) is 10.1 Å². The molecule has 0 bridgehead atoms. The lowest BCUT2D eigenvalue weighted by atomic mass is 10.2. The number of hydrogen-bond acceptors (Lipinski definition) is 0. The van der Waals surface area contributed by atoms with Crippen LogP contribution in [0.25, 0.3) is 0 Å². The van der Waals surface area contributed by atoms with Gasteiger partial charge in [0.1, 0.15) is 0 Å². The number of rotatable bonds is 2. The highest BCUT2D eigenvalue weighted by Crippen LogP contribution is 2.54. The molecule has 0 N–H and O–H groups in total. The summed E-state index contributed by atoms with van der Waals surface area (Å²) in [5, 5.41) is 1.02. The van der Waals surface area contributed by atoms with Crippen molar-refractivity contribution in [2.24, 2.45) is 5.92 Å². The predicted octanol–water partition coefficient (Wildman–Crippen LogP) is 5.32. The van der Waals surface area contributed by atoms with Crippen molar-refractivity contribution in [3.8, 4) is 0 Å².